The molecule has 3 aromatic carbocycles. The summed E-state index contributed by atoms with van der Waals surface area (Å²) in [5.41, 5.74) is 1.21. The van der Waals surface area contributed by atoms with E-state index in [1.54, 1.807) is 12.1 Å². The topological polar surface area (TPSA) is 75.3 Å². The number of carbonyl (C=O) groups is 1. The molecule has 8 heteroatoms. The van der Waals surface area contributed by atoms with Crippen LogP contribution in [0.15, 0.2) is 71.6 Å². The predicted octanol–water partition coefficient (Wildman–Crippen LogP) is 4.84. The van der Waals surface area contributed by atoms with Gasteiger partial charge in [0, 0.05) is 10.7 Å². The van der Waals surface area contributed by atoms with Crippen molar-refractivity contribution >= 4 is 38.9 Å². The molecule has 1 amide bonds. The fraction of sp³-hybridized carbons (Fsp3) is 0.0500. The van der Waals surface area contributed by atoms with Gasteiger partial charge in [-0.05, 0) is 55.5 Å². The lowest BCUT2D eigenvalue weighted by atomic mass is 10.1. The van der Waals surface area contributed by atoms with Crippen LogP contribution in [0.1, 0.15) is 15.9 Å². The fourth-order valence-corrected chi connectivity index (χ4v) is 3.73. The highest BCUT2D eigenvalue weighted by Crippen LogP contribution is 2.25. The number of rotatable bonds is 5. The summed E-state index contributed by atoms with van der Waals surface area (Å²) in [5, 5.41) is 2.78. The third-order valence-electron chi connectivity index (χ3n) is 3.88. The molecule has 0 saturated heterocycles. The van der Waals surface area contributed by atoms with Gasteiger partial charge < -0.3 is 5.32 Å². The minimum atomic E-state index is -3.91. The maximum Gasteiger partial charge on any atom is 0.261 e. The summed E-state index contributed by atoms with van der Waals surface area (Å²) >= 11 is 5.98. The van der Waals surface area contributed by atoms with Crippen LogP contribution in [0.2, 0.25) is 5.02 Å². The maximum absolute atomic E-state index is 13.3. The van der Waals surface area contributed by atoms with E-state index in [0.29, 0.717) is 0 Å². The van der Waals surface area contributed by atoms with Gasteiger partial charge in [-0.3, -0.25) is 9.52 Å². The molecule has 0 saturated carbocycles. The van der Waals surface area contributed by atoms with Gasteiger partial charge in [0.1, 0.15) is 5.82 Å². The molecule has 0 aliphatic carbocycles. The number of amides is 1. The lowest BCUT2D eigenvalue weighted by Crippen LogP contribution is -2.18. The van der Waals surface area contributed by atoms with E-state index in [0.717, 1.165) is 11.6 Å². The monoisotopic (exact) mass is 418 g/mol. The fourth-order valence-electron chi connectivity index (χ4n) is 2.48. The minimum Gasteiger partial charge on any atom is -0.322 e. The second-order valence-corrected chi connectivity index (χ2v) is 8.19. The van der Waals surface area contributed by atoms with Crippen LogP contribution in [0, 0.1) is 12.7 Å². The van der Waals surface area contributed by atoms with E-state index in [1.807, 2.05) is 6.92 Å². The Morgan fingerprint density at radius 3 is 2.39 bits per heavy atom. The van der Waals surface area contributed by atoms with Crippen LogP contribution in [0.25, 0.3) is 0 Å². The smallest absolute Gasteiger partial charge is 0.261 e. The van der Waals surface area contributed by atoms with Gasteiger partial charge in [-0.1, -0.05) is 35.4 Å². The van der Waals surface area contributed by atoms with Gasteiger partial charge in [-0.2, -0.15) is 0 Å². The molecule has 144 valence electrons. The van der Waals surface area contributed by atoms with Crippen molar-refractivity contribution in [2.45, 2.75) is 11.8 Å². The van der Waals surface area contributed by atoms with Crippen LogP contribution in [0.4, 0.5) is 15.8 Å². The van der Waals surface area contributed by atoms with Crippen molar-refractivity contribution in [3.8, 4) is 0 Å². The maximum atomic E-state index is 13.3. The Kier molecular flexibility index (Phi) is 5.67. The molecule has 0 fully saturated rings. The SMILES string of the molecule is Cc1ccc(S(=O)(=O)Nc2ccc(Cl)cc2C(=O)Nc2cccc(F)c2)cc1. The van der Waals surface area contributed by atoms with E-state index in [-0.39, 0.29) is 26.9 Å². The van der Waals surface area contributed by atoms with Gasteiger partial charge in [0.2, 0.25) is 0 Å². The Morgan fingerprint density at radius 2 is 1.71 bits per heavy atom. The Hall–Kier alpha value is -2.90. The van der Waals surface area contributed by atoms with Crippen molar-refractivity contribution in [1.82, 2.24) is 0 Å². The van der Waals surface area contributed by atoms with E-state index < -0.39 is 21.7 Å². The van der Waals surface area contributed by atoms with E-state index >= 15 is 0 Å². The molecule has 2 N–H and O–H groups in total. The summed E-state index contributed by atoms with van der Waals surface area (Å²) in [4.78, 5) is 12.7. The molecule has 3 rings (SSSR count). The first-order valence-corrected chi connectivity index (χ1v) is 10.1. The lowest BCUT2D eigenvalue weighted by Gasteiger charge is -2.13. The lowest BCUT2D eigenvalue weighted by molar-refractivity contribution is 0.102. The minimum absolute atomic E-state index is 0.00690. The van der Waals surface area contributed by atoms with Crippen molar-refractivity contribution in [3.05, 3.63) is 88.7 Å². The molecular formula is C20H16ClFN2O3S. The normalized spacial score (nSPS) is 11.1. The second kappa shape index (κ2) is 8.00. The summed E-state index contributed by atoms with van der Waals surface area (Å²) in [7, 11) is -3.91. The van der Waals surface area contributed by atoms with Gasteiger partial charge in [-0.25, -0.2) is 12.8 Å². The van der Waals surface area contributed by atoms with Crippen LogP contribution in [-0.2, 0) is 10.0 Å². The number of benzene rings is 3. The zero-order valence-electron chi connectivity index (χ0n) is 14.7. The number of anilines is 2. The first-order chi connectivity index (χ1) is 13.2. The molecule has 0 bridgehead atoms. The largest absolute Gasteiger partial charge is 0.322 e. The molecule has 0 aromatic heterocycles. The quantitative estimate of drug-likeness (QED) is 0.622. The molecule has 5 nitrogen and oxygen atoms in total. The molecular weight excluding hydrogens is 403 g/mol. The van der Waals surface area contributed by atoms with Gasteiger partial charge in [0.15, 0.2) is 0 Å². The Labute approximate surface area is 167 Å². The average Bonchev–Trinajstić information content (AvgIpc) is 2.63. The summed E-state index contributed by atoms with van der Waals surface area (Å²) in [6.45, 7) is 1.85. The Morgan fingerprint density at radius 1 is 1.00 bits per heavy atom. The molecule has 0 unspecified atom stereocenters. The van der Waals surface area contributed by atoms with Crippen LogP contribution in [0.3, 0.4) is 0 Å². The second-order valence-electron chi connectivity index (χ2n) is 6.07. The summed E-state index contributed by atoms with van der Waals surface area (Å²) in [6.07, 6.45) is 0. The molecule has 0 radical (unpaired) electrons. The first-order valence-electron chi connectivity index (χ1n) is 8.20. The molecule has 0 aliphatic heterocycles. The zero-order chi connectivity index (χ0) is 20.3. The third-order valence-corrected chi connectivity index (χ3v) is 5.50. The van der Waals surface area contributed by atoms with Gasteiger partial charge in [0.05, 0.1) is 16.1 Å². The third kappa shape index (κ3) is 4.68. The number of halogens is 2. The number of nitrogens with one attached hydrogen (secondary N) is 2. The molecule has 3 aromatic rings. The number of hydrogen-bond acceptors (Lipinski definition) is 3. The zero-order valence-corrected chi connectivity index (χ0v) is 16.3. The number of carbonyl (C=O) groups excluding carboxylic acids is 1. The van der Waals surface area contributed by atoms with E-state index in [9.17, 15) is 17.6 Å². The van der Waals surface area contributed by atoms with Gasteiger partial charge in [-0.15, -0.1) is 0 Å². The highest BCUT2D eigenvalue weighted by atomic mass is 35.5. The van der Waals surface area contributed by atoms with Crippen molar-refractivity contribution in [2.75, 3.05) is 10.0 Å². The standard InChI is InChI=1S/C20H16ClFN2O3S/c1-13-5-8-17(9-6-13)28(26,27)24-19-10-7-14(21)11-18(19)20(25)23-16-4-2-3-15(22)12-16/h2-12,24H,1H3,(H,23,25). The Balaban J connectivity index is 1.92. The van der Waals surface area contributed by atoms with Crippen molar-refractivity contribution in [1.29, 1.82) is 0 Å². The molecule has 28 heavy (non-hydrogen) atoms. The summed E-state index contributed by atoms with van der Waals surface area (Å²) in [5.74, 6) is -1.14. The Bertz CT molecular complexity index is 1130. The average molecular weight is 419 g/mol. The molecule has 0 heterocycles. The number of hydrogen-bond donors (Lipinski definition) is 2. The summed E-state index contributed by atoms with van der Waals surface area (Å²) in [6, 6.07) is 15.9. The van der Waals surface area contributed by atoms with Crippen molar-refractivity contribution in [2.24, 2.45) is 0 Å². The van der Waals surface area contributed by atoms with E-state index in [2.05, 4.69) is 10.0 Å². The van der Waals surface area contributed by atoms with E-state index in [4.69, 9.17) is 11.6 Å². The van der Waals surface area contributed by atoms with Crippen molar-refractivity contribution in [3.63, 3.8) is 0 Å². The first kappa shape index (κ1) is 19.9. The highest BCUT2D eigenvalue weighted by molar-refractivity contribution is 7.92. The molecule has 0 aliphatic rings. The predicted molar refractivity (Wildman–Crippen MR) is 108 cm³/mol. The van der Waals surface area contributed by atoms with Crippen molar-refractivity contribution < 1.29 is 17.6 Å². The highest BCUT2D eigenvalue weighted by Gasteiger charge is 2.19. The summed E-state index contributed by atoms with van der Waals surface area (Å²) < 4.78 is 41.0. The molecule has 0 atom stereocenters. The van der Waals surface area contributed by atoms with Crippen LogP contribution in [-0.4, -0.2) is 14.3 Å². The van der Waals surface area contributed by atoms with Gasteiger partial charge in [0.25, 0.3) is 15.9 Å². The molecule has 0 spiro atoms. The number of sulfonamides is 1. The van der Waals surface area contributed by atoms with E-state index in [1.165, 1.54) is 48.5 Å². The van der Waals surface area contributed by atoms with Crippen LogP contribution in [0.5, 0.6) is 0 Å². The van der Waals surface area contributed by atoms with Gasteiger partial charge >= 0.3 is 0 Å². The van der Waals surface area contributed by atoms with Crippen LogP contribution >= 0.6 is 11.6 Å². The number of aryl methyl sites for hydroxylation is 1. The van der Waals surface area contributed by atoms with Crippen LogP contribution < -0.4 is 10.0 Å².